The number of nitrogen functional groups attached to an aromatic ring is 1. The zero-order valence-electron chi connectivity index (χ0n) is 12.2. The minimum Gasteiger partial charge on any atom is -0.465 e. The Morgan fingerprint density at radius 1 is 1.38 bits per heavy atom. The van der Waals surface area contributed by atoms with Gasteiger partial charge in [0.2, 0.25) is 0 Å². The molecule has 2 aliphatic carbocycles. The standard InChI is InChI=1S/C14H22N4O3/c1-21-14(20)11-12(15)18(9-4-2-3-5-10(9)19)17-13(11)16-8-6-7-8/h8-10,19H,2-7,15H2,1H3,(H,16,17). The number of nitrogens with zero attached hydrogens (tertiary/aromatic N) is 2. The number of carbonyl (C=O) groups excluding carboxylic acids is 1. The predicted molar refractivity (Wildman–Crippen MR) is 78.1 cm³/mol. The highest BCUT2D eigenvalue weighted by Gasteiger charge is 2.33. The third-order valence-electron chi connectivity index (χ3n) is 4.26. The number of nitrogens with two attached hydrogens (primary N) is 1. The Kier molecular flexibility index (Phi) is 3.75. The van der Waals surface area contributed by atoms with Gasteiger partial charge in [0.05, 0.1) is 19.3 Å². The van der Waals surface area contributed by atoms with Gasteiger partial charge in [0, 0.05) is 6.04 Å². The first-order chi connectivity index (χ1) is 10.1. The lowest BCUT2D eigenvalue weighted by molar-refractivity contribution is 0.0599. The summed E-state index contributed by atoms with van der Waals surface area (Å²) in [7, 11) is 1.33. The Hall–Kier alpha value is -1.76. The summed E-state index contributed by atoms with van der Waals surface area (Å²) in [6, 6.07) is 0.185. The van der Waals surface area contributed by atoms with Gasteiger partial charge < -0.3 is 20.9 Å². The van der Waals surface area contributed by atoms with Gasteiger partial charge in [0.25, 0.3) is 0 Å². The van der Waals surface area contributed by atoms with Crippen LogP contribution in [-0.2, 0) is 4.74 Å². The molecule has 1 aromatic rings. The maximum Gasteiger partial charge on any atom is 0.345 e. The molecule has 0 saturated heterocycles. The number of nitrogens with one attached hydrogen (secondary N) is 1. The summed E-state index contributed by atoms with van der Waals surface area (Å²) in [5, 5.41) is 17.9. The third-order valence-corrected chi connectivity index (χ3v) is 4.26. The molecule has 0 bridgehead atoms. The van der Waals surface area contributed by atoms with Crippen LogP contribution >= 0.6 is 0 Å². The summed E-state index contributed by atoms with van der Waals surface area (Å²) in [5.74, 6) is 0.253. The minimum absolute atomic E-state index is 0.170. The molecule has 21 heavy (non-hydrogen) atoms. The molecule has 7 nitrogen and oxygen atoms in total. The number of hydrogen-bond donors (Lipinski definition) is 3. The zero-order chi connectivity index (χ0) is 15.0. The second-order valence-electron chi connectivity index (χ2n) is 5.88. The molecule has 0 radical (unpaired) electrons. The minimum atomic E-state index is -0.493. The van der Waals surface area contributed by atoms with Gasteiger partial charge >= 0.3 is 5.97 Å². The normalized spacial score (nSPS) is 25.6. The Balaban J connectivity index is 1.96. The Morgan fingerprint density at radius 3 is 2.71 bits per heavy atom. The number of hydrogen-bond acceptors (Lipinski definition) is 6. The number of anilines is 2. The summed E-state index contributed by atoms with van der Waals surface area (Å²) in [6.07, 6.45) is 5.26. The van der Waals surface area contributed by atoms with E-state index >= 15 is 0 Å². The first-order valence-electron chi connectivity index (χ1n) is 7.52. The molecule has 116 valence electrons. The van der Waals surface area contributed by atoms with Crippen molar-refractivity contribution in [3.05, 3.63) is 5.56 Å². The molecular formula is C14H22N4O3. The first kappa shape index (κ1) is 14.2. The van der Waals surface area contributed by atoms with Crippen LogP contribution in [0, 0.1) is 0 Å². The van der Waals surface area contributed by atoms with E-state index in [9.17, 15) is 9.90 Å². The van der Waals surface area contributed by atoms with Gasteiger partial charge in [0.1, 0.15) is 11.4 Å². The third kappa shape index (κ3) is 2.70. The van der Waals surface area contributed by atoms with Gasteiger partial charge in [-0.2, -0.15) is 5.10 Å². The lowest BCUT2D eigenvalue weighted by atomic mass is 9.93. The summed E-state index contributed by atoms with van der Waals surface area (Å²) >= 11 is 0. The highest BCUT2D eigenvalue weighted by molar-refractivity contribution is 5.99. The molecule has 2 aliphatic rings. The topological polar surface area (TPSA) is 102 Å². The number of aromatic nitrogens is 2. The number of rotatable bonds is 4. The largest absolute Gasteiger partial charge is 0.465 e. The Morgan fingerprint density at radius 2 is 2.10 bits per heavy atom. The molecule has 2 unspecified atom stereocenters. The second-order valence-corrected chi connectivity index (χ2v) is 5.88. The molecule has 2 saturated carbocycles. The summed E-state index contributed by atoms with van der Waals surface area (Å²) in [6.45, 7) is 0. The van der Waals surface area contributed by atoms with E-state index in [4.69, 9.17) is 10.5 Å². The second kappa shape index (κ2) is 5.55. The number of carbonyl (C=O) groups is 1. The molecule has 0 amide bonds. The lowest BCUT2D eigenvalue weighted by Gasteiger charge is -2.28. The monoisotopic (exact) mass is 294 g/mol. The summed E-state index contributed by atoms with van der Waals surface area (Å²) < 4.78 is 6.41. The van der Waals surface area contributed by atoms with Gasteiger partial charge in [-0.1, -0.05) is 12.8 Å². The molecule has 2 atom stereocenters. The van der Waals surface area contributed by atoms with Crippen LogP contribution in [0.1, 0.15) is 54.9 Å². The van der Waals surface area contributed by atoms with E-state index in [1.165, 1.54) is 7.11 Å². The quantitative estimate of drug-likeness (QED) is 0.723. The summed E-state index contributed by atoms with van der Waals surface area (Å²) in [4.78, 5) is 12.0. The van der Waals surface area contributed by atoms with Gasteiger partial charge in [-0.05, 0) is 25.7 Å². The zero-order valence-corrected chi connectivity index (χ0v) is 12.2. The highest BCUT2D eigenvalue weighted by atomic mass is 16.5. The van der Waals surface area contributed by atoms with E-state index < -0.39 is 12.1 Å². The number of esters is 1. The van der Waals surface area contributed by atoms with Crippen LogP contribution in [-0.4, -0.2) is 40.1 Å². The van der Waals surface area contributed by atoms with Crippen molar-refractivity contribution in [3.8, 4) is 0 Å². The van der Waals surface area contributed by atoms with Crippen LogP contribution in [0.2, 0.25) is 0 Å². The average molecular weight is 294 g/mol. The molecule has 7 heteroatoms. The van der Waals surface area contributed by atoms with Crippen LogP contribution < -0.4 is 11.1 Å². The van der Waals surface area contributed by atoms with E-state index in [0.717, 1.165) is 38.5 Å². The maximum absolute atomic E-state index is 12.0. The fourth-order valence-corrected chi connectivity index (χ4v) is 2.90. The van der Waals surface area contributed by atoms with Crippen molar-refractivity contribution < 1.29 is 14.6 Å². The molecule has 1 heterocycles. The van der Waals surface area contributed by atoms with E-state index in [2.05, 4.69) is 10.4 Å². The SMILES string of the molecule is COC(=O)c1c(NC2CC2)nn(C2CCCCC2O)c1N. The van der Waals surface area contributed by atoms with Crippen LogP contribution in [0.25, 0.3) is 0 Å². The van der Waals surface area contributed by atoms with Crippen molar-refractivity contribution in [3.63, 3.8) is 0 Å². The fourth-order valence-electron chi connectivity index (χ4n) is 2.90. The molecule has 4 N–H and O–H groups in total. The average Bonchev–Trinajstić information content (AvgIpc) is 3.23. The van der Waals surface area contributed by atoms with E-state index in [1.54, 1.807) is 4.68 Å². The first-order valence-corrected chi connectivity index (χ1v) is 7.52. The number of methoxy groups -OCH3 is 1. The van der Waals surface area contributed by atoms with Crippen molar-refractivity contribution >= 4 is 17.6 Å². The number of aliphatic hydroxyl groups is 1. The van der Waals surface area contributed by atoms with Gasteiger partial charge in [-0.15, -0.1) is 0 Å². The van der Waals surface area contributed by atoms with Crippen LogP contribution in [0.3, 0.4) is 0 Å². The fraction of sp³-hybridized carbons (Fsp3) is 0.714. The van der Waals surface area contributed by atoms with Gasteiger partial charge in [0.15, 0.2) is 5.82 Å². The molecule has 2 fully saturated rings. The number of ether oxygens (including phenoxy) is 1. The van der Waals surface area contributed by atoms with Crippen molar-refractivity contribution in [2.45, 2.75) is 56.7 Å². The van der Waals surface area contributed by atoms with Crippen LogP contribution in [0.15, 0.2) is 0 Å². The van der Waals surface area contributed by atoms with Crippen molar-refractivity contribution in [1.82, 2.24) is 9.78 Å². The highest BCUT2D eigenvalue weighted by Crippen LogP contribution is 2.35. The molecule has 0 aliphatic heterocycles. The maximum atomic E-state index is 12.0. The number of aliphatic hydroxyl groups excluding tert-OH is 1. The van der Waals surface area contributed by atoms with Crippen LogP contribution in [0.5, 0.6) is 0 Å². The molecule has 3 rings (SSSR count). The van der Waals surface area contributed by atoms with E-state index in [0.29, 0.717) is 11.9 Å². The van der Waals surface area contributed by atoms with Gasteiger partial charge in [-0.3, -0.25) is 0 Å². The van der Waals surface area contributed by atoms with Crippen LogP contribution in [0.4, 0.5) is 11.6 Å². The Bertz CT molecular complexity index is 539. The van der Waals surface area contributed by atoms with E-state index in [1.807, 2.05) is 0 Å². The molecular weight excluding hydrogens is 272 g/mol. The predicted octanol–water partition coefficient (Wildman–Crippen LogP) is 1.30. The lowest BCUT2D eigenvalue weighted by Crippen LogP contribution is -2.29. The van der Waals surface area contributed by atoms with Crippen molar-refractivity contribution in [2.75, 3.05) is 18.2 Å². The molecule has 0 aromatic carbocycles. The van der Waals surface area contributed by atoms with Gasteiger partial charge in [-0.25, -0.2) is 9.48 Å². The molecule has 1 aromatic heterocycles. The summed E-state index contributed by atoms with van der Waals surface area (Å²) in [5.41, 5.74) is 6.40. The van der Waals surface area contributed by atoms with Crippen molar-refractivity contribution in [1.29, 1.82) is 0 Å². The molecule has 0 spiro atoms. The Labute approximate surface area is 123 Å². The van der Waals surface area contributed by atoms with E-state index in [-0.39, 0.29) is 17.4 Å². The smallest absolute Gasteiger partial charge is 0.345 e. The van der Waals surface area contributed by atoms with Crippen molar-refractivity contribution in [2.24, 2.45) is 0 Å².